The van der Waals surface area contributed by atoms with Crippen molar-refractivity contribution in [2.75, 3.05) is 0 Å². The Morgan fingerprint density at radius 1 is 1.09 bits per heavy atom. The van der Waals surface area contributed by atoms with Crippen molar-refractivity contribution in [3.8, 4) is 0 Å². The summed E-state index contributed by atoms with van der Waals surface area (Å²) in [5.41, 5.74) is 0. The topological polar surface area (TPSA) is 63.2 Å². The van der Waals surface area contributed by atoms with Crippen LogP contribution in [0.4, 0.5) is 0 Å². The van der Waals surface area contributed by atoms with E-state index in [4.69, 9.17) is 0 Å². The summed E-state index contributed by atoms with van der Waals surface area (Å²) in [4.78, 5) is 20.6. The summed E-state index contributed by atoms with van der Waals surface area (Å²) in [6, 6.07) is 7.23. The smallest absolute Gasteiger partial charge is 0.807 e. The van der Waals surface area contributed by atoms with E-state index in [2.05, 4.69) is 0 Å². The molecule has 1 aromatic rings. The van der Waals surface area contributed by atoms with Gasteiger partial charge in [0.15, 0.2) is 0 Å². The molecule has 54 valence electrons. The first-order valence-corrected chi connectivity index (χ1v) is 4.22. The van der Waals surface area contributed by atoms with Crippen LogP contribution in [0.3, 0.4) is 0 Å². The quantitative estimate of drug-likeness (QED) is 0.462. The van der Waals surface area contributed by atoms with Crippen molar-refractivity contribution in [3.05, 3.63) is 30.3 Å². The average Bonchev–Trinajstić information content (AvgIpc) is 1.88. The van der Waals surface area contributed by atoms with Gasteiger partial charge in [-0.05, 0) is 12.9 Å². The van der Waals surface area contributed by atoms with Crippen molar-refractivity contribution in [1.82, 2.24) is 0 Å². The van der Waals surface area contributed by atoms with Gasteiger partial charge in [0.1, 0.15) is 0 Å². The van der Waals surface area contributed by atoms with Gasteiger partial charge in [0.25, 0.3) is 0 Å². The van der Waals surface area contributed by atoms with Crippen molar-refractivity contribution >= 4 is 58.4 Å². The van der Waals surface area contributed by atoms with Crippen LogP contribution in [0.5, 0.6) is 0 Å². The summed E-state index contributed by atoms with van der Waals surface area (Å²) in [5, 5.41) is -0.157. The molecule has 0 radical (unpaired) electrons. The van der Waals surface area contributed by atoms with Crippen LogP contribution >= 0.6 is 7.60 Å². The van der Waals surface area contributed by atoms with Crippen molar-refractivity contribution in [2.24, 2.45) is 0 Å². The average molecular weight is 244 g/mol. The molecule has 1 aromatic carbocycles. The minimum absolute atomic E-state index is 0. The fourth-order valence-electron chi connectivity index (χ4n) is 0.611. The van der Waals surface area contributed by atoms with E-state index in [0.717, 1.165) is 0 Å². The number of benzene rings is 1. The van der Waals surface area contributed by atoms with Gasteiger partial charge >= 0.3 is 45.5 Å². The first kappa shape index (κ1) is 11.9. The van der Waals surface area contributed by atoms with Crippen LogP contribution in [-0.4, -0.2) is 45.5 Å². The fraction of sp³-hybridized carbons (Fsp3) is 0. The summed E-state index contributed by atoms with van der Waals surface area (Å²) >= 11 is 0. The Labute approximate surface area is 102 Å². The van der Waals surface area contributed by atoms with Crippen molar-refractivity contribution < 1.29 is 14.4 Å². The number of hydrogen-bond acceptors (Lipinski definition) is 3. The van der Waals surface area contributed by atoms with E-state index < -0.39 is 7.60 Å². The summed E-state index contributed by atoms with van der Waals surface area (Å²) < 4.78 is 10.3. The maximum absolute atomic E-state index is 10.3. The number of rotatable bonds is 1. The molecule has 11 heavy (non-hydrogen) atoms. The van der Waals surface area contributed by atoms with Crippen LogP contribution in [0.1, 0.15) is 0 Å². The van der Waals surface area contributed by atoms with E-state index >= 15 is 0 Å². The molecule has 0 bridgehead atoms. The molecule has 5 heteroatoms. The third-order valence-corrected chi connectivity index (χ3v) is 2.00. The van der Waals surface area contributed by atoms with Crippen molar-refractivity contribution in [2.45, 2.75) is 0 Å². The zero-order valence-electron chi connectivity index (χ0n) is 5.77. The van der Waals surface area contributed by atoms with Crippen LogP contribution in [0.25, 0.3) is 0 Å². The summed E-state index contributed by atoms with van der Waals surface area (Å²) in [5.74, 6) is 0. The van der Waals surface area contributed by atoms with Crippen LogP contribution in [0.15, 0.2) is 30.3 Å². The van der Waals surface area contributed by atoms with Gasteiger partial charge in [-0.2, -0.15) is 0 Å². The first-order chi connectivity index (χ1) is 4.61. The molecule has 0 heterocycles. The second-order valence-corrected chi connectivity index (χ2v) is 3.34. The summed E-state index contributed by atoms with van der Waals surface area (Å²) in [7, 11) is -4.52. The van der Waals surface area contributed by atoms with E-state index in [1.807, 2.05) is 0 Å². The molecule has 0 aromatic heterocycles. The Bertz CT molecular complexity index is 256. The molecule has 0 fully saturated rings. The molecule has 1 rings (SSSR count). The Kier molecular flexibility index (Phi) is 5.14. The van der Waals surface area contributed by atoms with Gasteiger partial charge in [0.2, 0.25) is 0 Å². The zero-order valence-corrected chi connectivity index (χ0v) is 10.1. The van der Waals surface area contributed by atoms with Gasteiger partial charge < -0.3 is 14.4 Å². The Hall–Kier alpha value is 0.851. The normalized spacial score (nSPS) is 10.4. The first-order valence-electron chi connectivity index (χ1n) is 2.68. The van der Waals surface area contributed by atoms with Crippen LogP contribution in [0.2, 0.25) is 0 Å². The molecule has 0 atom stereocenters. The minimum atomic E-state index is -4.52. The molecule has 0 aliphatic heterocycles. The molecule has 0 saturated heterocycles. The molecule has 0 aliphatic rings. The van der Waals surface area contributed by atoms with Gasteiger partial charge in [-0.15, -0.1) is 0 Å². The van der Waals surface area contributed by atoms with E-state index in [1.165, 1.54) is 24.3 Å². The van der Waals surface area contributed by atoms with Gasteiger partial charge in [-0.3, -0.25) is 0 Å². The summed E-state index contributed by atoms with van der Waals surface area (Å²) in [6.45, 7) is 0. The molecular weight excluding hydrogens is 239 g/mol. The third kappa shape index (κ3) is 3.85. The molecule has 0 spiro atoms. The minimum Gasteiger partial charge on any atom is -0.807 e. The second kappa shape index (κ2) is 4.77. The zero-order chi connectivity index (χ0) is 7.61. The molecular formula is C6H5O3PSr. The van der Waals surface area contributed by atoms with Gasteiger partial charge in [0, 0.05) is 0 Å². The van der Waals surface area contributed by atoms with Gasteiger partial charge in [-0.1, -0.05) is 30.3 Å². The van der Waals surface area contributed by atoms with Crippen LogP contribution in [-0.2, 0) is 4.57 Å². The van der Waals surface area contributed by atoms with Crippen LogP contribution in [0, 0.1) is 0 Å². The van der Waals surface area contributed by atoms with E-state index in [9.17, 15) is 14.4 Å². The van der Waals surface area contributed by atoms with Gasteiger partial charge in [-0.25, -0.2) is 0 Å². The predicted molar refractivity (Wildman–Crippen MR) is 39.4 cm³/mol. The van der Waals surface area contributed by atoms with Gasteiger partial charge in [0.05, 0.1) is 0 Å². The molecule has 0 aliphatic carbocycles. The Morgan fingerprint density at radius 3 is 1.82 bits per heavy atom. The summed E-state index contributed by atoms with van der Waals surface area (Å²) in [6.07, 6.45) is 0. The Morgan fingerprint density at radius 2 is 1.55 bits per heavy atom. The SMILES string of the molecule is O=P([O-])([O-])c1ccccc1.[Sr+2]. The molecule has 0 unspecified atom stereocenters. The molecule has 3 nitrogen and oxygen atoms in total. The van der Waals surface area contributed by atoms with Crippen molar-refractivity contribution in [3.63, 3.8) is 0 Å². The predicted octanol–water partition coefficient (Wildman–Crippen LogP) is -1.16. The molecule has 0 saturated carbocycles. The third-order valence-electron chi connectivity index (χ3n) is 1.07. The van der Waals surface area contributed by atoms with E-state index in [0.29, 0.717) is 0 Å². The second-order valence-electron chi connectivity index (χ2n) is 1.83. The standard InChI is InChI=1S/C6H7O3P.Sr/c7-10(8,9)6-4-2-1-3-5-6;/h1-5H,(H2,7,8,9);/q;+2/p-2. The fourth-order valence-corrected chi connectivity index (χ4v) is 1.15. The van der Waals surface area contributed by atoms with Crippen LogP contribution < -0.4 is 15.1 Å². The molecule has 0 N–H and O–H groups in total. The number of hydrogen-bond donors (Lipinski definition) is 0. The van der Waals surface area contributed by atoms with E-state index in [1.54, 1.807) is 6.07 Å². The maximum atomic E-state index is 10.3. The Balaban J connectivity index is 0.000001000. The monoisotopic (exact) mass is 244 g/mol. The largest absolute Gasteiger partial charge is 2.00 e. The molecule has 0 amide bonds. The maximum Gasteiger partial charge on any atom is 2.00 e. The van der Waals surface area contributed by atoms with Crippen molar-refractivity contribution in [1.29, 1.82) is 0 Å². The van der Waals surface area contributed by atoms with E-state index in [-0.39, 0.29) is 50.8 Å².